The van der Waals surface area contributed by atoms with Crippen LogP contribution in [0.5, 0.6) is 0 Å². The molecule has 1 saturated heterocycles. The summed E-state index contributed by atoms with van der Waals surface area (Å²) in [4.78, 5) is 25.4. The van der Waals surface area contributed by atoms with Gasteiger partial charge in [0.2, 0.25) is 9.47 Å². The Bertz CT molecular complexity index is 987. The Morgan fingerprint density at radius 1 is 1.17 bits per heavy atom. The molecule has 156 valence electrons. The highest BCUT2D eigenvalue weighted by atomic mass is 35.5. The number of rotatable bonds is 5. The van der Waals surface area contributed by atoms with Gasteiger partial charge in [-0.3, -0.25) is 10.1 Å². The fourth-order valence-electron chi connectivity index (χ4n) is 2.57. The second-order valence-corrected chi connectivity index (χ2v) is 9.45. The van der Waals surface area contributed by atoms with E-state index in [-0.39, 0.29) is 42.3 Å². The lowest BCUT2D eigenvalue weighted by atomic mass is 10.2. The molecule has 0 atom stereocenters. The number of carbonyl (C=O) groups excluding carboxylic acids is 2. The first-order chi connectivity index (χ1) is 13.8. The second-order valence-electron chi connectivity index (χ2n) is 5.92. The molecule has 3 rings (SSSR count). The van der Waals surface area contributed by atoms with Gasteiger partial charge in [0.15, 0.2) is 0 Å². The Kier molecular flexibility index (Phi) is 6.67. The molecule has 0 aliphatic carbocycles. The van der Waals surface area contributed by atoms with E-state index in [9.17, 15) is 18.0 Å². The van der Waals surface area contributed by atoms with Gasteiger partial charge < -0.3 is 9.64 Å². The van der Waals surface area contributed by atoms with E-state index in [2.05, 4.69) is 15.5 Å². The number of hydrogen-bond donors (Lipinski definition) is 1. The third-order valence-corrected chi connectivity index (χ3v) is 7.39. The maximum absolute atomic E-state index is 12.8. The summed E-state index contributed by atoms with van der Waals surface area (Å²) >= 11 is 6.55. The summed E-state index contributed by atoms with van der Waals surface area (Å²) in [5.74, 6) is -0.454. The summed E-state index contributed by atoms with van der Waals surface area (Å²) in [7, 11) is -3.88. The number of piperazine rings is 1. The highest BCUT2D eigenvalue weighted by Gasteiger charge is 2.33. The predicted molar refractivity (Wildman–Crippen MR) is 107 cm³/mol. The van der Waals surface area contributed by atoms with Gasteiger partial charge in [0.25, 0.3) is 15.9 Å². The first-order valence-electron chi connectivity index (χ1n) is 8.63. The number of hydrogen-bond acceptors (Lipinski definition) is 8. The third kappa shape index (κ3) is 5.01. The van der Waals surface area contributed by atoms with E-state index >= 15 is 0 Å². The number of aromatic nitrogens is 2. The molecule has 29 heavy (non-hydrogen) atoms. The van der Waals surface area contributed by atoms with Crippen molar-refractivity contribution in [2.75, 3.05) is 38.1 Å². The maximum atomic E-state index is 12.8. The standard InChI is InChI=1S/C16H18ClN5O5S2/c1-2-27-16(24)21-7-9-22(10-8-21)29(25,26)15-20-19-14(28-15)18-13(23)11-3-5-12(17)6-4-11/h3-6H,2,7-10H2,1H3,(H,18,19,23). The van der Waals surface area contributed by atoms with E-state index in [1.54, 1.807) is 31.2 Å². The van der Waals surface area contributed by atoms with Crippen molar-refractivity contribution >= 4 is 50.1 Å². The molecule has 1 N–H and O–H groups in total. The van der Waals surface area contributed by atoms with Gasteiger partial charge in [0.1, 0.15) is 0 Å². The smallest absolute Gasteiger partial charge is 0.409 e. The lowest BCUT2D eigenvalue weighted by Crippen LogP contribution is -2.50. The summed E-state index contributed by atoms with van der Waals surface area (Å²) in [5.41, 5.74) is 0.351. The molecular formula is C16H18ClN5O5S2. The first kappa shape index (κ1) is 21.4. The van der Waals surface area contributed by atoms with E-state index < -0.39 is 22.0 Å². The lowest BCUT2D eigenvalue weighted by molar-refractivity contribution is 0.0933. The first-order valence-corrected chi connectivity index (χ1v) is 11.3. The fourth-order valence-corrected chi connectivity index (χ4v) is 5.15. The zero-order valence-electron chi connectivity index (χ0n) is 15.4. The van der Waals surface area contributed by atoms with Crippen molar-refractivity contribution in [1.29, 1.82) is 0 Å². The monoisotopic (exact) mass is 459 g/mol. The molecular weight excluding hydrogens is 442 g/mol. The third-order valence-electron chi connectivity index (χ3n) is 4.06. The summed E-state index contributed by atoms with van der Waals surface area (Å²) in [6.45, 7) is 2.64. The molecule has 0 unspecified atom stereocenters. The predicted octanol–water partition coefficient (Wildman–Crippen LogP) is 1.91. The van der Waals surface area contributed by atoms with Gasteiger partial charge in [0, 0.05) is 36.8 Å². The second kappa shape index (κ2) is 9.03. The normalized spacial score (nSPS) is 15.2. The number of sulfonamides is 1. The molecule has 0 saturated carbocycles. The van der Waals surface area contributed by atoms with Gasteiger partial charge in [-0.05, 0) is 31.2 Å². The lowest BCUT2D eigenvalue weighted by Gasteiger charge is -2.32. The Labute approximate surface area is 176 Å². The average Bonchev–Trinajstić information content (AvgIpc) is 3.18. The summed E-state index contributed by atoms with van der Waals surface area (Å²) in [5, 5.41) is 10.5. The Hall–Kier alpha value is -2.28. The van der Waals surface area contributed by atoms with Crippen molar-refractivity contribution in [3.8, 4) is 0 Å². The number of anilines is 1. The van der Waals surface area contributed by atoms with Crippen LogP contribution >= 0.6 is 22.9 Å². The number of amides is 2. The maximum Gasteiger partial charge on any atom is 0.409 e. The Morgan fingerprint density at radius 2 is 1.83 bits per heavy atom. The van der Waals surface area contributed by atoms with Gasteiger partial charge >= 0.3 is 6.09 Å². The van der Waals surface area contributed by atoms with Gasteiger partial charge in [-0.25, -0.2) is 13.2 Å². The molecule has 1 aliphatic rings. The molecule has 10 nitrogen and oxygen atoms in total. The van der Waals surface area contributed by atoms with Gasteiger partial charge in [-0.15, -0.1) is 10.2 Å². The van der Waals surface area contributed by atoms with Crippen LogP contribution in [0.1, 0.15) is 17.3 Å². The van der Waals surface area contributed by atoms with Crippen LogP contribution in [0, 0.1) is 0 Å². The molecule has 0 radical (unpaired) electrons. The van der Waals surface area contributed by atoms with Crippen LogP contribution < -0.4 is 5.32 Å². The van der Waals surface area contributed by atoms with Crippen molar-refractivity contribution < 1.29 is 22.7 Å². The largest absolute Gasteiger partial charge is 0.450 e. The van der Waals surface area contributed by atoms with Crippen molar-refractivity contribution in [2.24, 2.45) is 0 Å². The Morgan fingerprint density at radius 3 is 2.45 bits per heavy atom. The Balaban J connectivity index is 1.64. The summed E-state index contributed by atoms with van der Waals surface area (Å²) < 4.78 is 31.5. The fraction of sp³-hybridized carbons (Fsp3) is 0.375. The van der Waals surface area contributed by atoms with Gasteiger partial charge in [-0.2, -0.15) is 4.31 Å². The van der Waals surface area contributed by atoms with Crippen LogP contribution in [-0.2, 0) is 14.8 Å². The number of nitrogens with zero attached hydrogens (tertiary/aromatic N) is 4. The topological polar surface area (TPSA) is 122 Å². The van der Waals surface area contributed by atoms with Crippen molar-refractivity contribution in [1.82, 2.24) is 19.4 Å². The molecule has 2 amide bonds. The molecule has 2 heterocycles. The quantitative estimate of drug-likeness (QED) is 0.677. The molecule has 1 aromatic carbocycles. The van der Waals surface area contributed by atoms with E-state index in [1.165, 1.54) is 9.21 Å². The molecule has 1 aromatic heterocycles. The number of carbonyl (C=O) groups is 2. The average molecular weight is 460 g/mol. The van der Waals surface area contributed by atoms with E-state index in [1.807, 2.05) is 0 Å². The van der Waals surface area contributed by atoms with E-state index in [4.69, 9.17) is 16.3 Å². The number of nitrogens with one attached hydrogen (secondary N) is 1. The van der Waals surface area contributed by atoms with Crippen molar-refractivity contribution in [3.05, 3.63) is 34.9 Å². The van der Waals surface area contributed by atoms with Crippen molar-refractivity contribution in [3.63, 3.8) is 0 Å². The molecule has 1 fully saturated rings. The number of benzene rings is 1. The summed E-state index contributed by atoms with van der Waals surface area (Å²) in [6.07, 6.45) is -0.465. The minimum absolute atomic E-state index is 0.0636. The molecule has 1 aliphatic heterocycles. The van der Waals surface area contributed by atoms with Crippen LogP contribution in [0.2, 0.25) is 5.02 Å². The SMILES string of the molecule is CCOC(=O)N1CCN(S(=O)(=O)c2nnc(NC(=O)c3ccc(Cl)cc3)s2)CC1. The van der Waals surface area contributed by atoms with Crippen LogP contribution in [-0.4, -0.2) is 72.6 Å². The van der Waals surface area contributed by atoms with Crippen LogP contribution in [0.15, 0.2) is 28.6 Å². The van der Waals surface area contributed by atoms with Gasteiger partial charge in [-0.1, -0.05) is 22.9 Å². The van der Waals surface area contributed by atoms with Crippen LogP contribution in [0.25, 0.3) is 0 Å². The van der Waals surface area contributed by atoms with E-state index in [0.29, 0.717) is 10.6 Å². The van der Waals surface area contributed by atoms with Gasteiger partial charge in [0.05, 0.1) is 6.61 Å². The van der Waals surface area contributed by atoms with Crippen molar-refractivity contribution in [2.45, 2.75) is 11.3 Å². The van der Waals surface area contributed by atoms with Crippen LogP contribution in [0.4, 0.5) is 9.93 Å². The molecule has 0 bridgehead atoms. The molecule has 2 aromatic rings. The number of halogens is 1. The highest BCUT2D eigenvalue weighted by Crippen LogP contribution is 2.25. The number of ether oxygens (including phenoxy) is 1. The minimum atomic E-state index is -3.88. The summed E-state index contributed by atoms with van der Waals surface area (Å²) in [6, 6.07) is 6.23. The van der Waals surface area contributed by atoms with Crippen LogP contribution in [0.3, 0.4) is 0 Å². The zero-order chi connectivity index (χ0) is 21.0. The zero-order valence-corrected chi connectivity index (χ0v) is 17.8. The molecule has 13 heteroatoms. The minimum Gasteiger partial charge on any atom is -0.450 e. The van der Waals surface area contributed by atoms with E-state index in [0.717, 1.165) is 11.3 Å². The highest BCUT2D eigenvalue weighted by molar-refractivity contribution is 7.91. The molecule has 0 spiro atoms.